The molecule has 0 aromatic heterocycles. The monoisotopic (exact) mass is 212 g/mol. The van der Waals surface area contributed by atoms with Crippen molar-refractivity contribution in [3.05, 3.63) is 29.6 Å². The molecule has 2 unspecified atom stereocenters. The van der Waals surface area contributed by atoms with E-state index in [1.165, 1.54) is 19.2 Å². The van der Waals surface area contributed by atoms with E-state index in [9.17, 15) is 4.39 Å². The third kappa shape index (κ3) is 3.18. The van der Waals surface area contributed by atoms with Crippen LogP contribution in [0.1, 0.15) is 24.9 Å². The normalized spacial score (nSPS) is 14.7. The van der Waals surface area contributed by atoms with Crippen molar-refractivity contribution in [2.45, 2.75) is 25.4 Å². The van der Waals surface area contributed by atoms with Gasteiger partial charge in [-0.2, -0.15) is 0 Å². The second-order valence-corrected chi connectivity index (χ2v) is 3.71. The Hall–Kier alpha value is -1.13. The Kier molecular flexibility index (Phi) is 4.05. The van der Waals surface area contributed by atoms with Crippen molar-refractivity contribution >= 4 is 0 Å². The predicted molar refractivity (Wildman–Crippen MR) is 58.1 cm³/mol. The Labute approximate surface area is 89.2 Å². The summed E-state index contributed by atoms with van der Waals surface area (Å²) in [6.07, 6.45) is 0.597. The molecule has 84 valence electrons. The van der Waals surface area contributed by atoms with Crippen LogP contribution in [0.2, 0.25) is 0 Å². The Morgan fingerprint density at radius 1 is 1.40 bits per heavy atom. The van der Waals surface area contributed by atoms with E-state index in [0.717, 1.165) is 0 Å². The van der Waals surface area contributed by atoms with Crippen molar-refractivity contribution in [1.82, 2.24) is 0 Å². The molecule has 1 aromatic rings. The average molecular weight is 212 g/mol. The number of ether oxygens (including phenoxy) is 1. The van der Waals surface area contributed by atoms with Gasteiger partial charge in [-0.15, -0.1) is 0 Å². The van der Waals surface area contributed by atoms with Crippen molar-refractivity contribution in [2.75, 3.05) is 7.11 Å². The minimum Gasteiger partial charge on any atom is -0.496 e. The maximum absolute atomic E-state index is 13.0. The van der Waals surface area contributed by atoms with Crippen molar-refractivity contribution in [3.63, 3.8) is 0 Å². The van der Waals surface area contributed by atoms with Crippen molar-refractivity contribution in [3.8, 4) is 5.75 Å². The largest absolute Gasteiger partial charge is 0.496 e. The molecular weight excluding hydrogens is 195 g/mol. The summed E-state index contributed by atoms with van der Waals surface area (Å²) in [5.74, 6) is 0.287. The summed E-state index contributed by atoms with van der Waals surface area (Å²) >= 11 is 0. The van der Waals surface area contributed by atoms with E-state index in [2.05, 4.69) is 0 Å². The lowest BCUT2D eigenvalue weighted by Crippen LogP contribution is -2.23. The second kappa shape index (κ2) is 5.09. The summed E-state index contributed by atoms with van der Waals surface area (Å²) < 4.78 is 18.2. The topological polar surface area (TPSA) is 61.3 Å². The van der Waals surface area contributed by atoms with E-state index in [1.807, 2.05) is 6.92 Å². The molecule has 15 heavy (non-hydrogen) atoms. The Balaban J connectivity index is 2.94. The van der Waals surface area contributed by atoms with Gasteiger partial charge >= 0.3 is 0 Å². The predicted octanol–water partition coefficient (Wildman–Crippen LogP) is 1.57. The highest BCUT2D eigenvalue weighted by molar-refractivity contribution is 5.36. The van der Waals surface area contributed by atoms with Gasteiger partial charge in [-0.25, -0.2) is 4.39 Å². The van der Waals surface area contributed by atoms with Crippen LogP contribution in [-0.2, 0) is 0 Å². The highest BCUT2D eigenvalue weighted by Gasteiger charge is 2.14. The van der Waals surface area contributed by atoms with Crippen molar-refractivity contribution in [2.24, 2.45) is 11.5 Å². The molecule has 0 saturated carbocycles. The van der Waals surface area contributed by atoms with Crippen LogP contribution in [0.15, 0.2) is 18.2 Å². The third-order valence-corrected chi connectivity index (χ3v) is 2.22. The SMILES string of the molecule is COc1ccc(F)cc1C(N)CC(C)N. The summed E-state index contributed by atoms with van der Waals surface area (Å²) in [5, 5.41) is 0. The maximum atomic E-state index is 13.0. The Morgan fingerprint density at radius 3 is 2.60 bits per heavy atom. The first kappa shape index (κ1) is 11.9. The zero-order valence-corrected chi connectivity index (χ0v) is 9.03. The van der Waals surface area contributed by atoms with Gasteiger partial charge in [-0.3, -0.25) is 0 Å². The summed E-state index contributed by atoms with van der Waals surface area (Å²) in [6.45, 7) is 1.87. The molecule has 0 aliphatic carbocycles. The number of hydrogen-bond acceptors (Lipinski definition) is 3. The van der Waals surface area contributed by atoms with Gasteiger partial charge in [-0.1, -0.05) is 0 Å². The minimum atomic E-state index is -0.314. The van der Waals surface area contributed by atoms with E-state index in [1.54, 1.807) is 6.07 Å². The number of methoxy groups -OCH3 is 1. The lowest BCUT2D eigenvalue weighted by molar-refractivity contribution is 0.401. The van der Waals surface area contributed by atoms with Crippen LogP contribution >= 0.6 is 0 Å². The van der Waals surface area contributed by atoms with Crippen LogP contribution < -0.4 is 16.2 Å². The number of halogens is 1. The standard InChI is InChI=1S/C11H17FN2O/c1-7(13)5-10(14)9-6-8(12)3-4-11(9)15-2/h3-4,6-7,10H,5,13-14H2,1-2H3. The Bertz CT molecular complexity index is 328. The first-order valence-electron chi connectivity index (χ1n) is 4.89. The quantitative estimate of drug-likeness (QED) is 0.796. The van der Waals surface area contributed by atoms with Crippen LogP contribution in [-0.4, -0.2) is 13.2 Å². The highest BCUT2D eigenvalue weighted by atomic mass is 19.1. The first-order valence-corrected chi connectivity index (χ1v) is 4.89. The van der Waals surface area contributed by atoms with Crippen LogP contribution in [0, 0.1) is 5.82 Å². The third-order valence-electron chi connectivity index (χ3n) is 2.22. The van der Waals surface area contributed by atoms with Crippen LogP contribution in [0.5, 0.6) is 5.75 Å². The van der Waals surface area contributed by atoms with Gasteiger partial charge in [0, 0.05) is 17.6 Å². The molecule has 0 amide bonds. The van der Waals surface area contributed by atoms with Gasteiger partial charge in [0.15, 0.2) is 0 Å². The molecule has 0 saturated heterocycles. The molecule has 0 aliphatic rings. The zero-order chi connectivity index (χ0) is 11.4. The summed E-state index contributed by atoms with van der Waals surface area (Å²) in [5.41, 5.74) is 12.2. The van der Waals surface area contributed by atoms with Crippen LogP contribution in [0.4, 0.5) is 4.39 Å². The van der Waals surface area contributed by atoms with Crippen LogP contribution in [0.3, 0.4) is 0 Å². The second-order valence-electron chi connectivity index (χ2n) is 3.71. The van der Waals surface area contributed by atoms with E-state index < -0.39 is 0 Å². The Morgan fingerprint density at radius 2 is 2.07 bits per heavy atom. The van der Waals surface area contributed by atoms with Crippen molar-refractivity contribution < 1.29 is 9.13 Å². The smallest absolute Gasteiger partial charge is 0.123 e. The molecule has 0 spiro atoms. The lowest BCUT2D eigenvalue weighted by Gasteiger charge is -2.17. The molecule has 0 heterocycles. The highest BCUT2D eigenvalue weighted by Crippen LogP contribution is 2.26. The van der Waals surface area contributed by atoms with Crippen LogP contribution in [0.25, 0.3) is 0 Å². The molecule has 4 N–H and O–H groups in total. The molecule has 3 nitrogen and oxygen atoms in total. The fourth-order valence-electron chi connectivity index (χ4n) is 1.52. The molecule has 0 aliphatic heterocycles. The fourth-order valence-corrected chi connectivity index (χ4v) is 1.52. The van der Waals surface area contributed by atoms with Gasteiger partial charge in [0.25, 0.3) is 0 Å². The number of benzene rings is 1. The summed E-state index contributed by atoms with van der Waals surface area (Å²) in [4.78, 5) is 0. The van der Waals surface area contributed by atoms with Gasteiger partial charge in [0.1, 0.15) is 11.6 Å². The zero-order valence-electron chi connectivity index (χ0n) is 9.03. The summed E-state index contributed by atoms with van der Waals surface area (Å²) in [6, 6.07) is 4.00. The van der Waals surface area contributed by atoms with Gasteiger partial charge in [0.2, 0.25) is 0 Å². The van der Waals surface area contributed by atoms with Gasteiger partial charge < -0.3 is 16.2 Å². The lowest BCUT2D eigenvalue weighted by atomic mass is 10.0. The van der Waals surface area contributed by atoms with E-state index in [4.69, 9.17) is 16.2 Å². The number of rotatable bonds is 4. The average Bonchev–Trinajstić information content (AvgIpc) is 2.16. The minimum absolute atomic E-state index is 0.0204. The molecule has 4 heteroatoms. The van der Waals surface area contributed by atoms with E-state index in [0.29, 0.717) is 17.7 Å². The summed E-state index contributed by atoms with van der Waals surface area (Å²) in [7, 11) is 1.54. The molecular formula is C11H17FN2O. The van der Waals surface area contributed by atoms with E-state index in [-0.39, 0.29) is 17.9 Å². The van der Waals surface area contributed by atoms with E-state index >= 15 is 0 Å². The maximum Gasteiger partial charge on any atom is 0.123 e. The van der Waals surface area contributed by atoms with Crippen molar-refractivity contribution in [1.29, 1.82) is 0 Å². The molecule has 2 atom stereocenters. The fraction of sp³-hybridized carbons (Fsp3) is 0.455. The van der Waals surface area contributed by atoms with Gasteiger partial charge in [-0.05, 0) is 31.5 Å². The number of hydrogen-bond donors (Lipinski definition) is 2. The molecule has 1 aromatic carbocycles. The molecule has 1 rings (SSSR count). The number of nitrogens with two attached hydrogens (primary N) is 2. The molecule has 0 bridgehead atoms. The molecule has 0 fully saturated rings. The first-order chi connectivity index (χ1) is 7.04. The molecule has 0 radical (unpaired) electrons. The van der Waals surface area contributed by atoms with Gasteiger partial charge in [0.05, 0.1) is 7.11 Å².